The maximum Gasteiger partial charge on any atom is 0.223 e. The van der Waals surface area contributed by atoms with Crippen LogP contribution < -0.4 is 5.32 Å². The molecule has 112 valence electrons. The van der Waals surface area contributed by atoms with Crippen LogP contribution in [0.15, 0.2) is 24.3 Å². The van der Waals surface area contributed by atoms with Gasteiger partial charge in [0.2, 0.25) is 5.91 Å². The molecular weight excluding hydrogens is 279 g/mol. The molecule has 1 aromatic carbocycles. The van der Waals surface area contributed by atoms with Gasteiger partial charge in [0.15, 0.2) is 0 Å². The minimum Gasteiger partial charge on any atom is -0.341 e. The average Bonchev–Trinajstić information content (AvgIpc) is 2.92. The second-order valence-electron chi connectivity index (χ2n) is 5.28. The predicted molar refractivity (Wildman–Crippen MR) is 80.7 cm³/mol. The van der Waals surface area contributed by atoms with Gasteiger partial charge < -0.3 is 10.2 Å². The zero-order valence-corrected chi connectivity index (χ0v) is 12.8. The van der Waals surface area contributed by atoms with E-state index in [-0.39, 0.29) is 36.1 Å². The van der Waals surface area contributed by atoms with E-state index in [0.717, 1.165) is 19.5 Å². The smallest absolute Gasteiger partial charge is 0.223 e. The Balaban J connectivity index is 0.00000200. The van der Waals surface area contributed by atoms with Crippen molar-refractivity contribution in [3.05, 3.63) is 35.6 Å². The van der Waals surface area contributed by atoms with E-state index in [2.05, 4.69) is 5.32 Å². The average molecular weight is 301 g/mol. The van der Waals surface area contributed by atoms with Crippen molar-refractivity contribution < 1.29 is 9.18 Å². The number of hydrogen-bond acceptors (Lipinski definition) is 2. The molecule has 0 aromatic heterocycles. The van der Waals surface area contributed by atoms with E-state index in [0.29, 0.717) is 12.0 Å². The molecule has 0 spiro atoms. The molecule has 1 heterocycles. The summed E-state index contributed by atoms with van der Waals surface area (Å²) in [6.45, 7) is 3.72. The van der Waals surface area contributed by atoms with E-state index in [1.807, 2.05) is 20.0 Å². The summed E-state index contributed by atoms with van der Waals surface area (Å²) in [5.74, 6) is -0.233. The number of benzene rings is 1. The van der Waals surface area contributed by atoms with Crippen molar-refractivity contribution >= 4 is 18.3 Å². The molecule has 1 aromatic rings. The zero-order valence-electron chi connectivity index (χ0n) is 11.9. The lowest BCUT2D eigenvalue weighted by molar-refractivity contribution is -0.132. The molecule has 5 heteroatoms. The third kappa shape index (κ3) is 3.93. The van der Waals surface area contributed by atoms with Gasteiger partial charge in [0.05, 0.1) is 0 Å². The summed E-state index contributed by atoms with van der Waals surface area (Å²) in [4.78, 5) is 14.0. The fourth-order valence-corrected chi connectivity index (χ4v) is 2.56. The topological polar surface area (TPSA) is 32.3 Å². The lowest BCUT2D eigenvalue weighted by atomic mass is 9.96. The predicted octanol–water partition coefficient (Wildman–Crippen LogP) is 2.56. The van der Waals surface area contributed by atoms with E-state index in [1.54, 1.807) is 17.0 Å². The molecule has 3 nitrogen and oxygen atoms in total. The summed E-state index contributed by atoms with van der Waals surface area (Å²) in [6, 6.07) is 6.96. The minimum atomic E-state index is -0.229. The first kappa shape index (κ1) is 16.9. The molecule has 20 heavy (non-hydrogen) atoms. The summed E-state index contributed by atoms with van der Waals surface area (Å²) >= 11 is 0. The van der Waals surface area contributed by atoms with Crippen molar-refractivity contribution in [2.24, 2.45) is 0 Å². The lowest BCUT2D eigenvalue weighted by Gasteiger charge is -2.25. The summed E-state index contributed by atoms with van der Waals surface area (Å²) in [5, 5.41) is 3.25. The van der Waals surface area contributed by atoms with E-state index in [9.17, 15) is 9.18 Å². The Morgan fingerprint density at radius 2 is 2.20 bits per heavy atom. The van der Waals surface area contributed by atoms with Crippen LogP contribution in [0.25, 0.3) is 0 Å². The number of hydrogen-bond donors (Lipinski definition) is 1. The highest BCUT2D eigenvalue weighted by molar-refractivity contribution is 5.85. The SMILES string of the molecule is CC(CC(=O)N(C)C1CCNC1)c1ccccc1F.Cl. The number of nitrogens with zero attached hydrogens (tertiary/aromatic N) is 1. The molecule has 2 rings (SSSR count). The third-order valence-corrected chi connectivity index (χ3v) is 3.89. The Morgan fingerprint density at radius 1 is 1.50 bits per heavy atom. The Kier molecular flexibility index (Phi) is 6.43. The molecule has 1 N–H and O–H groups in total. The lowest BCUT2D eigenvalue weighted by Crippen LogP contribution is -2.38. The molecule has 1 aliphatic rings. The summed E-state index contributed by atoms with van der Waals surface area (Å²) < 4.78 is 13.7. The number of carbonyl (C=O) groups excluding carboxylic acids is 1. The molecule has 1 aliphatic heterocycles. The fourth-order valence-electron chi connectivity index (χ4n) is 2.56. The Hall–Kier alpha value is -1.13. The van der Waals surface area contributed by atoms with Gasteiger partial charge in [-0.1, -0.05) is 25.1 Å². The molecule has 0 saturated carbocycles. The molecule has 2 unspecified atom stereocenters. The van der Waals surface area contributed by atoms with Crippen LogP contribution in [0.1, 0.15) is 31.2 Å². The van der Waals surface area contributed by atoms with Gasteiger partial charge in [0.1, 0.15) is 5.82 Å². The molecule has 0 bridgehead atoms. The number of halogens is 2. The van der Waals surface area contributed by atoms with Crippen molar-refractivity contribution in [3.63, 3.8) is 0 Å². The monoisotopic (exact) mass is 300 g/mol. The van der Waals surface area contributed by atoms with Gasteiger partial charge in [0.25, 0.3) is 0 Å². The van der Waals surface area contributed by atoms with E-state index in [4.69, 9.17) is 0 Å². The molecule has 0 radical (unpaired) electrons. The van der Waals surface area contributed by atoms with Gasteiger partial charge in [-0.05, 0) is 30.5 Å². The highest BCUT2D eigenvalue weighted by atomic mass is 35.5. The first-order valence-electron chi connectivity index (χ1n) is 6.80. The largest absolute Gasteiger partial charge is 0.341 e. The molecule has 0 aliphatic carbocycles. The first-order valence-corrected chi connectivity index (χ1v) is 6.80. The summed E-state index contributed by atoms with van der Waals surface area (Å²) in [5.41, 5.74) is 0.619. The second kappa shape index (κ2) is 7.60. The Labute approximate surface area is 125 Å². The fraction of sp³-hybridized carbons (Fsp3) is 0.533. The maximum atomic E-state index is 13.7. The number of rotatable bonds is 4. The standard InChI is InChI=1S/C15H21FN2O.ClH/c1-11(13-5-3-4-6-14(13)16)9-15(19)18(2)12-7-8-17-10-12;/h3-6,11-12,17H,7-10H2,1-2H3;1H. The van der Waals surface area contributed by atoms with Crippen LogP contribution in [0.3, 0.4) is 0 Å². The van der Waals surface area contributed by atoms with Gasteiger partial charge in [-0.2, -0.15) is 0 Å². The van der Waals surface area contributed by atoms with E-state index >= 15 is 0 Å². The van der Waals surface area contributed by atoms with Crippen molar-refractivity contribution in [1.82, 2.24) is 10.2 Å². The van der Waals surface area contributed by atoms with E-state index in [1.165, 1.54) is 6.07 Å². The van der Waals surface area contributed by atoms with Crippen molar-refractivity contribution in [1.29, 1.82) is 0 Å². The van der Waals surface area contributed by atoms with Crippen LogP contribution in [-0.4, -0.2) is 37.0 Å². The Bertz CT molecular complexity index is 449. The first-order chi connectivity index (χ1) is 9.09. The second-order valence-corrected chi connectivity index (χ2v) is 5.28. The normalized spacial score (nSPS) is 19.2. The van der Waals surface area contributed by atoms with Gasteiger partial charge in [-0.25, -0.2) is 4.39 Å². The number of likely N-dealkylation sites (N-methyl/N-ethyl adjacent to an activating group) is 1. The van der Waals surface area contributed by atoms with Gasteiger partial charge in [-0.3, -0.25) is 4.79 Å². The molecule has 1 saturated heterocycles. The van der Waals surface area contributed by atoms with Gasteiger partial charge in [-0.15, -0.1) is 12.4 Å². The molecule has 1 amide bonds. The van der Waals surface area contributed by atoms with Crippen molar-refractivity contribution in [3.8, 4) is 0 Å². The van der Waals surface area contributed by atoms with Gasteiger partial charge >= 0.3 is 0 Å². The van der Waals surface area contributed by atoms with E-state index < -0.39 is 0 Å². The minimum absolute atomic E-state index is 0. The van der Waals surface area contributed by atoms with Crippen LogP contribution >= 0.6 is 12.4 Å². The quantitative estimate of drug-likeness (QED) is 0.927. The Morgan fingerprint density at radius 3 is 2.80 bits per heavy atom. The van der Waals surface area contributed by atoms with Crippen molar-refractivity contribution in [2.45, 2.75) is 31.7 Å². The van der Waals surface area contributed by atoms with Crippen LogP contribution in [0, 0.1) is 5.82 Å². The van der Waals surface area contributed by atoms with Crippen LogP contribution in [-0.2, 0) is 4.79 Å². The highest BCUT2D eigenvalue weighted by Crippen LogP contribution is 2.23. The third-order valence-electron chi connectivity index (χ3n) is 3.89. The molecule has 2 atom stereocenters. The number of amides is 1. The highest BCUT2D eigenvalue weighted by Gasteiger charge is 2.24. The van der Waals surface area contributed by atoms with Crippen LogP contribution in [0.5, 0.6) is 0 Å². The van der Waals surface area contributed by atoms with Crippen LogP contribution in [0.4, 0.5) is 4.39 Å². The van der Waals surface area contributed by atoms with Crippen LogP contribution in [0.2, 0.25) is 0 Å². The number of carbonyl (C=O) groups is 1. The molecule has 1 fully saturated rings. The summed E-state index contributed by atoms with van der Waals surface area (Å²) in [6.07, 6.45) is 1.35. The maximum absolute atomic E-state index is 13.7. The van der Waals surface area contributed by atoms with Gasteiger partial charge in [0, 0.05) is 26.1 Å². The molecular formula is C15H22ClFN2O. The zero-order chi connectivity index (χ0) is 13.8. The summed E-state index contributed by atoms with van der Waals surface area (Å²) in [7, 11) is 1.84. The number of nitrogens with one attached hydrogen (secondary N) is 1. The van der Waals surface area contributed by atoms with Crippen molar-refractivity contribution in [2.75, 3.05) is 20.1 Å².